The summed E-state index contributed by atoms with van der Waals surface area (Å²) in [6.07, 6.45) is 0. The Morgan fingerprint density at radius 2 is 1.65 bits per heavy atom. The van der Waals surface area contributed by atoms with Crippen molar-refractivity contribution in [3.63, 3.8) is 0 Å². The Bertz CT molecular complexity index is 577. The Hall–Kier alpha value is -1.25. The molecule has 0 heterocycles. The van der Waals surface area contributed by atoms with Crippen LogP contribution in [0.25, 0.3) is 0 Å². The molecule has 1 unspecified atom stereocenters. The zero-order chi connectivity index (χ0) is 14.5. The SMILES string of the molecule is CNC(CSc1ccccc1C)c1cccc(C)c1C. The standard InChI is InChI=1S/C18H23NS/c1-13-9-7-10-16(15(13)3)17(19-4)12-20-18-11-6-5-8-14(18)2/h5-11,17,19H,12H2,1-4H3. The maximum Gasteiger partial charge on any atom is 0.0415 e. The first-order valence-corrected chi connectivity index (χ1v) is 8.04. The second-order valence-corrected chi connectivity index (χ2v) is 6.27. The molecule has 1 atom stereocenters. The van der Waals surface area contributed by atoms with E-state index in [9.17, 15) is 0 Å². The average Bonchev–Trinajstić information content (AvgIpc) is 2.45. The van der Waals surface area contributed by atoms with Crippen molar-refractivity contribution in [1.82, 2.24) is 5.32 Å². The summed E-state index contributed by atoms with van der Waals surface area (Å²) in [5, 5.41) is 3.46. The van der Waals surface area contributed by atoms with Gasteiger partial charge in [-0.1, -0.05) is 36.4 Å². The van der Waals surface area contributed by atoms with E-state index in [-0.39, 0.29) is 0 Å². The van der Waals surface area contributed by atoms with E-state index in [1.54, 1.807) is 0 Å². The van der Waals surface area contributed by atoms with Crippen molar-refractivity contribution in [2.75, 3.05) is 12.8 Å². The lowest BCUT2D eigenvalue weighted by atomic mass is 9.98. The van der Waals surface area contributed by atoms with Gasteiger partial charge in [0.15, 0.2) is 0 Å². The molecule has 0 saturated carbocycles. The highest BCUT2D eigenvalue weighted by Crippen LogP contribution is 2.29. The van der Waals surface area contributed by atoms with Gasteiger partial charge in [-0.3, -0.25) is 0 Å². The number of hydrogen-bond acceptors (Lipinski definition) is 2. The van der Waals surface area contributed by atoms with Crippen LogP contribution < -0.4 is 5.32 Å². The molecule has 0 aromatic heterocycles. The van der Waals surface area contributed by atoms with Crippen molar-refractivity contribution in [3.8, 4) is 0 Å². The highest BCUT2D eigenvalue weighted by atomic mass is 32.2. The second-order valence-electron chi connectivity index (χ2n) is 5.21. The summed E-state index contributed by atoms with van der Waals surface area (Å²) < 4.78 is 0. The fraction of sp³-hybridized carbons (Fsp3) is 0.333. The fourth-order valence-electron chi connectivity index (χ4n) is 2.37. The van der Waals surface area contributed by atoms with Gasteiger partial charge in [-0.05, 0) is 56.1 Å². The lowest BCUT2D eigenvalue weighted by Crippen LogP contribution is -2.20. The molecule has 0 aliphatic rings. The van der Waals surface area contributed by atoms with Gasteiger partial charge in [-0.2, -0.15) is 0 Å². The summed E-state index contributed by atoms with van der Waals surface area (Å²) >= 11 is 1.93. The van der Waals surface area contributed by atoms with Crippen molar-refractivity contribution >= 4 is 11.8 Å². The fourth-order valence-corrected chi connectivity index (χ4v) is 3.53. The molecule has 0 spiro atoms. The Kier molecular flexibility index (Phi) is 5.27. The van der Waals surface area contributed by atoms with Gasteiger partial charge in [0.05, 0.1) is 0 Å². The van der Waals surface area contributed by atoms with Crippen LogP contribution >= 0.6 is 11.8 Å². The van der Waals surface area contributed by atoms with Gasteiger partial charge >= 0.3 is 0 Å². The Labute approximate surface area is 126 Å². The van der Waals surface area contributed by atoms with E-state index < -0.39 is 0 Å². The van der Waals surface area contributed by atoms with E-state index in [4.69, 9.17) is 0 Å². The number of benzene rings is 2. The highest BCUT2D eigenvalue weighted by molar-refractivity contribution is 7.99. The number of nitrogens with one attached hydrogen (secondary N) is 1. The molecule has 0 saturated heterocycles. The normalized spacial score (nSPS) is 12.4. The van der Waals surface area contributed by atoms with Gasteiger partial charge in [0.25, 0.3) is 0 Å². The highest BCUT2D eigenvalue weighted by Gasteiger charge is 2.13. The molecule has 20 heavy (non-hydrogen) atoms. The van der Waals surface area contributed by atoms with Gasteiger partial charge in [0.2, 0.25) is 0 Å². The first-order valence-electron chi connectivity index (χ1n) is 7.05. The van der Waals surface area contributed by atoms with Crippen molar-refractivity contribution in [3.05, 3.63) is 64.7 Å². The molecule has 0 radical (unpaired) electrons. The molecular formula is C18H23NS. The summed E-state index contributed by atoms with van der Waals surface area (Å²) in [4.78, 5) is 1.37. The summed E-state index contributed by atoms with van der Waals surface area (Å²) in [7, 11) is 2.05. The molecular weight excluding hydrogens is 262 g/mol. The lowest BCUT2D eigenvalue weighted by molar-refractivity contribution is 0.657. The maximum absolute atomic E-state index is 3.46. The second kappa shape index (κ2) is 6.96. The topological polar surface area (TPSA) is 12.0 Å². The van der Waals surface area contributed by atoms with Crippen LogP contribution in [0.15, 0.2) is 47.4 Å². The molecule has 2 heteroatoms. The summed E-state index contributed by atoms with van der Waals surface area (Å²) in [5.74, 6) is 1.05. The van der Waals surface area contributed by atoms with E-state index in [2.05, 4.69) is 68.6 Å². The van der Waals surface area contributed by atoms with Crippen LogP contribution in [0.1, 0.15) is 28.3 Å². The molecule has 0 bridgehead atoms. The molecule has 2 aromatic rings. The smallest absolute Gasteiger partial charge is 0.0415 e. The van der Waals surface area contributed by atoms with Crippen molar-refractivity contribution in [2.24, 2.45) is 0 Å². The van der Waals surface area contributed by atoms with Crippen LogP contribution in [-0.4, -0.2) is 12.8 Å². The number of rotatable bonds is 5. The first kappa shape index (κ1) is 15.1. The van der Waals surface area contributed by atoms with E-state index in [1.165, 1.54) is 27.1 Å². The minimum Gasteiger partial charge on any atom is -0.312 e. The van der Waals surface area contributed by atoms with Gasteiger partial charge < -0.3 is 5.32 Å². The van der Waals surface area contributed by atoms with Gasteiger partial charge in [-0.15, -0.1) is 11.8 Å². The Balaban J connectivity index is 2.14. The van der Waals surface area contributed by atoms with Gasteiger partial charge in [0.1, 0.15) is 0 Å². The Morgan fingerprint density at radius 3 is 2.35 bits per heavy atom. The third kappa shape index (κ3) is 3.44. The van der Waals surface area contributed by atoms with Crippen LogP contribution in [0, 0.1) is 20.8 Å². The van der Waals surface area contributed by atoms with Crippen LogP contribution in [0.2, 0.25) is 0 Å². The van der Waals surface area contributed by atoms with Crippen molar-refractivity contribution in [2.45, 2.75) is 31.7 Å². The molecule has 0 aliphatic heterocycles. The molecule has 2 rings (SSSR count). The van der Waals surface area contributed by atoms with E-state index >= 15 is 0 Å². The molecule has 0 fully saturated rings. The van der Waals surface area contributed by atoms with Crippen LogP contribution in [-0.2, 0) is 0 Å². The largest absolute Gasteiger partial charge is 0.312 e. The summed E-state index contributed by atoms with van der Waals surface area (Å²) in [6.45, 7) is 6.57. The third-order valence-corrected chi connectivity index (χ3v) is 5.14. The van der Waals surface area contributed by atoms with Gasteiger partial charge in [0, 0.05) is 16.7 Å². The quantitative estimate of drug-likeness (QED) is 0.802. The van der Waals surface area contributed by atoms with E-state index in [0.717, 1.165) is 5.75 Å². The van der Waals surface area contributed by atoms with E-state index in [1.807, 2.05) is 18.8 Å². The zero-order valence-electron chi connectivity index (χ0n) is 12.7. The molecule has 106 valence electrons. The predicted octanol–water partition coefficient (Wildman–Crippen LogP) is 4.66. The number of hydrogen-bond donors (Lipinski definition) is 1. The number of aryl methyl sites for hydroxylation is 2. The molecule has 0 amide bonds. The summed E-state index contributed by atoms with van der Waals surface area (Å²) in [5.41, 5.74) is 5.53. The zero-order valence-corrected chi connectivity index (χ0v) is 13.6. The monoisotopic (exact) mass is 285 g/mol. The predicted molar refractivity (Wildman–Crippen MR) is 89.6 cm³/mol. The van der Waals surface area contributed by atoms with Crippen LogP contribution in [0.3, 0.4) is 0 Å². The van der Waals surface area contributed by atoms with E-state index in [0.29, 0.717) is 6.04 Å². The molecule has 2 aromatic carbocycles. The van der Waals surface area contributed by atoms with Gasteiger partial charge in [-0.25, -0.2) is 0 Å². The Morgan fingerprint density at radius 1 is 0.950 bits per heavy atom. The minimum atomic E-state index is 0.388. The lowest BCUT2D eigenvalue weighted by Gasteiger charge is -2.20. The van der Waals surface area contributed by atoms with Crippen LogP contribution in [0.5, 0.6) is 0 Å². The third-order valence-electron chi connectivity index (χ3n) is 3.87. The first-order chi connectivity index (χ1) is 9.63. The minimum absolute atomic E-state index is 0.388. The molecule has 0 aliphatic carbocycles. The summed E-state index contributed by atoms with van der Waals surface area (Å²) in [6, 6.07) is 15.5. The average molecular weight is 285 g/mol. The van der Waals surface area contributed by atoms with Crippen molar-refractivity contribution < 1.29 is 0 Å². The number of thioether (sulfide) groups is 1. The molecule has 1 nitrogen and oxygen atoms in total. The van der Waals surface area contributed by atoms with Crippen molar-refractivity contribution in [1.29, 1.82) is 0 Å². The maximum atomic E-state index is 3.46. The molecule has 1 N–H and O–H groups in total. The van der Waals surface area contributed by atoms with Crippen LogP contribution in [0.4, 0.5) is 0 Å².